The van der Waals surface area contributed by atoms with Gasteiger partial charge in [0.25, 0.3) is 0 Å². The van der Waals surface area contributed by atoms with Crippen molar-refractivity contribution >= 4 is 29.0 Å². The maximum Gasteiger partial charge on any atom is 0.319 e. The predicted molar refractivity (Wildman–Crippen MR) is 61.0 cm³/mol. The summed E-state index contributed by atoms with van der Waals surface area (Å²) in [6.45, 7) is 0. The van der Waals surface area contributed by atoms with Crippen molar-refractivity contribution < 1.29 is 4.79 Å². The molecule has 1 aromatic rings. The van der Waals surface area contributed by atoms with E-state index in [9.17, 15) is 4.79 Å². The molecule has 80 valence electrons. The molecular formula is C10H12ClN3O. The molecule has 1 fully saturated rings. The lowest BCUT2D eigenvalue weighted by atomic mass is 10.3. The molecule has 0 atom stereocenters. The van der Waals surface area contributed by atoms with E-state index < -0.39 is 0 Å². The number of benzene rings is 1. The molecule has 1 saturated carbocycles. The van der Waals surface area contributed by atoms with Crippen LogP contribution < -0.4 is 16.4 Å². The third kappa shape index (κ3) is 2.76. The number of carbonyl (C=O) groups excluding carboxylic acids is 1. The van der Waals surface area contributed by atoms with Gasteiger partial charge in [0.2, 0.25) is 0 Å². The summed E-state index contributed by atoms with van der Waals surface area (Å²) in [4.78, 5) is 11.4. The van der Waals surface area contributed by atoms with Crippen LogP contribution in [0.3, 0.4) is 0 Å². The molecule has 0 radical (unpaired) electrons. The van der Waals surface area contributed by atoms with Crippen molar-refractivity contribution in [3.63, 3.8) is 0 Å². The summed E-state index contributed by atoms with van der Waals surface area (Å²) >= 11 is 5.79. The SMILES string of the molecule is Nc1ccc(Cl)cc1NC(=O)NC1CC1. The highest BCUT2D eigenvalue weighted by Crippen LogP contribution is 2.23. The monoisotopic (exact) mass is 225 g/mol. The molecule has 2 rings (SSSR count). The van der Waals surface area contributed by atoms with Crippen molar-refractivity contribution in [2.24, 2.45) is 0 Å². The van der Waals surface area contributed by atoms with Crippen LogP contribution >= 0.6 is 11.6 Å². The quantitative estimate of drug-likeness (QED) is 0.676. The van der Waals surface area contributed by atoms with Gasteiger partial charge in [-0.1, -0.05) is 11.6 Å². The molecule has 0 saturated heterocycles. The van der Waals surface area contributed by atoms with Gasteiger partial charge in [-0.25, -0.2) is 4.79 Å². The largest absolute Gasteiger partial charge is 0.397 e. The lowest BCUT2D eigenvalue weighted by molar-refractivity contribution is 0.251. The Hall–Kier alpha value is -1.42. The standard InChI is InChI=1S/C10H12ClN3O/c11-6-1-4-8(12)9(5-6)14-10(15)13-7-2-3-7/h1,4-5,7H,2-3,12H2,(H2,13,14,15). The van der Waals surface area contributed by atoms with Gasteiger partial charge in [0.05, 0.1) is 11.4 Å². The number of nitrogen functional groups attached to an aromatic ring is 1. The van der Waals surface area contributed by atoms with Crippen LogP contribution in [-0.2, 0) is 0 Å². The Balaban J connectivity index is 2.01. The number of hydrogen-bond donors (Lipinski definition) is 3. The number of anilines is 2. The molecule has 0 spiro atoms. The average molecular weight is 226 g/mol. The summed E-state index contributed by atoms with van der Waals surface area (Å²) in [7, 11) is 0. The third-order valence-corrected chi connectivity index (χ3v) is 2.41. The van der Waals surface area contributed by atoms with Crippen LogP contribution in [0.2, 0.25) is 5.02 Å². The van der Waals surface area contributed by atoms with Crippen molar-refractivity contribution in [1.82, 2.24) is 5.32 Å². The number of carbonyl (C=O) groups is 1. The first kappa shape index (κ1) is 10.1. The van der Waals surface area contributed by atoms with E-state index >= 15 is 0 Å². The Labute approximate surface area is 92.8 Å². The minimum absolute atomic E-state index is 0.230. The number of amides is 2. The van der Waals surface area contributed by atoms with Gasteiger partial charge in [-0.3, -0.25) is 0 Å². The zero-order chi connectivity index (χ0) is 10.8. The van der Waals surface area contributed by atoms with E-state index in [-0.39, 0.29) is 6.03 Å². The summed E-state index contributed by atoms with van der Waals surface area (Å²) < 4.78 is 0. The van der Waals surface area contributed by atoms with Crippen LogP contribution in [0.15, 0.2) is 18.2 Å². The maximum atomic E-state index is 11.4. The van der Waals surface area contributed by atoms with Gasteiger partial charge in [-0.05, 0) is 31.0 Å². The predicted octanol–water partition coefficient (Wildman–Crippen LogP) is 2.21. The molecule has 1 aromatic carbocycles. The molecule has 0 aliphatic heterocycles. The summed E-state index contributed by atoms with van der Waals surface area (Å²) in [5.41, 5.74) is 6.73. The zero-order valence-corrected chi connectivity index (χ0v) is 8.84. The second-order valence-corrected chi connectivity index (χ2v) is 4.04. The normalized spacial score (nSPS) is 14.7. The highest BCUT2D eigenvalue weighted by atomic mass is 35.5. The topological polar surface area (TPSA) is 67.1 Å². The number of rotatable bonds is 2. The van der Waals surface area contributed by atoms with Crippen LogP contribution in [0.4, 0.5) is 16.2 Å². The summed E-state index contributed by atoms with van der Waals surface area (Å²) in [6, 6.07) is 5.07. The fraction of sp³-hybridized carbons (Fsp3) is 0.300. The molecule has 15 heavy (non-hydrogen) atoms. The summed E-state index contributed by atoms with van der Waals surface area (Å²) in [5.74, 6) is 0. The third-order valence-electron chi connectivity index (χ3n) is 2.18. The van der Waals surface area contributed by atoms with E-state index in [0.717, 1.165) is 12.8 Å². The van der Waals surface area contributed by atoms with Crippen LogP contribution in [0, 0.1) is 0 Å². The molecule has 0 bridgehead atoms. The van der Waals surface area contributed by atoms with Gasteiger partial charge in [0, 0.05) is 11.1 Å². The molecular weight excluding hydrogens is 214 g/mol. The van der Waals surface area contributed by atoms with E-state index in [1.54, 1.807) is 18.2 Å². The van der Waals surface area contributed by atoms with Gasteiger partial charge in [-0.2, -0.15) is 0 Å². The fourth-order valence-corrected chi connectivity index (χ4v) is 1.38. The van der Waals surface area contributed by atoms with Crippen LogP contribution in [0.1, 0.15) is 12.8 Å². The Kier molecular flexibility index (Phi) is 2.68. The molecule has 1 aliphatic rings. The smallest absolute Gasteiger partial charge is 0.319 e. The van der Waals surface area contributed by atoms with Gasteiger partial charge < -0.3 is 16.4 Å². The van der Waals surface area contributed by atoms with Crippen molar-refractivity contribution in [2.75, 3.05) is 11.1 Å². The van der Waals surface area contributed by atoms with Crippen molar-refractivity contribution in [3.8, 4) is 0 Å². The van der Waals surface area contributed by atoms with Gasteiger partial charge in [0.1, 0.15) is 0 Å². The van der Waals surface area contributed by atoms with Crippen LogP contribution in [0.5, 0.6) is 0 Å². The molecule has 0 unspecified atom stereocenters. The van der Waals surface area contributed by atoms with E-state index in [1.807, 2.05) is 0 Å². The molecule has 4 N–H and O–H groups in total. The first-order chi connectivity index (χ1) is 7.15. The summed E-state index contributed by atoms with van der Waals surface area (Å²) in [5, 5.41) is 6.01. The van der Waals surface area contributed by atoms with Gasteiger partial charge >= 0.3 is 6.03 Å². The molecule has 4 nitrogen and oxygen atoms in total. The van der Waals surface area contributed by atoms with E-state index in [2.05, 4.69) is 10.6 Å². The Morgan fingerprint density at radius 2 is 2.20 bits per heavy atom. The van der Waals surface area contributed by atoms with E-state index in [1.165, 1.54) is 0 Å². The second kappa shape index (κ2) is 3.98. The Morgan fingerprint density at radius 3 is 2.87 bits per heavy atom. The molecule has 0 heterocycles. The lowest BCUT2D eigenvalue weighted by Crippen LogP contribution is -2.30. The number of halogens is 1. The van der Waals surface area contributed by atoms with E-state index in [4.69, 9.17) is 17.3 Å². The number of urea groups is 1. The molecule has 2 amide bonds. The number of hydrogen-bond acceptors (Lipinski definition) is 2. The number of nitrogens with one attached hydrogen (secondary N) is 2. The highest BCUT2D eigenvalue weighted by molar-refractivity contribution is 6.31. The molecule has 0 aromatic heterocycles. The van der Waals surface area contributed by atoms with Gasteiger partial charge in [0.15, 0.2) is 0 Å². The van der Waals surface area contributed by atoms with Crippen molar-refractivity contribution in [3.05, 3.63) is 23.2 Å². The minimum Gasteiger partial charge on any atom is -0.397 e. The van der Waals surface area contributed by atoms with Crippen LogP contribution in [-0.4, -0.2) is 12.1 Å². The maximum absolute atomic E-state index is 11.4. The van der Waals surface area contributed by atoms with Crippen molar-refractivity contribution in [2.45, 2.75) is 18.9 Å². The highest BCUT2D eigenvalue weighted by Gasteiger charge is 2.23. The summed E-state index contributed by atoms with van der Waals surface area (Å²) in [6.07, 6.45) is 2.11. The fourth-order valence-electron chi connectivity index (χ4n) is 1.21. The minimum atomic E-state index is -0.230. The Morgan fingerprint density at radius 1 is 1.47 bits per heavy atom. The molecule has 5 heteroatoms. The zero-order valence-electron chi connectivity index (χ0n) is 8.09. The first-order valence-electron chi connectivity index (χ1n) is 4.77. The average Bonchev–Trinajstić information content (AvgIpc) is 2.95. The van der Waals surface area contributed by atoms with E-state index in [0.29, 0.717) is 22.4 Å². The lowest BCUT2D eigenvalue weighted by Gasteiger charge is -2.09. The Bertz CT molecular complexity index is 390. The molecule has 1 aliphatic carbocycles. The van der Waals surface area contributed by atoms with Gasteiger partial charge in [-0.15, -0.1) is 0 Å². The van der Waals surface area contributed by atoms with Crippen LogP contribution in [0.25, 0.3) is 0 Å². The van der Waals surface area contributed by atoms with Crippen molar-refractivity contribution in [1.29, 1.82) is 0 Å². The first-order valence-corrected chi connectivity index (χ1v) is 5.15. The number of nitrogens with two attached hydrogens (primary N) is 1. The second-order valence-electron chi connectivity index (χ2n) is 3.60.